The molecule has 0 aromatic heterocycles. The van der Waals surface area contributed by atoms with Crippen LogP contribution in [0.2, 0.25) is 0 Å². The van der Waals surface area contributed by atoms with Crippen LogP contribution in [0.15, 0.2) is 47.5 Å². The molecule has 2 aromatic rings. The molecule has 124 valence electrons. The lowest BCUT2D eigenvalue weighted by molar-refractivity contribution is 0.0951. The number of isothiocyanates is 1. The van der Waals surface area contributed by atoms with Gasteiger partial charge in [-0.25, -0.2) is 4.99 Å². The zero-order valence-electron chi connectivity index (χ0n) is 13.2. The summed E-state index contributed by atoms with van der Waals surface area (Å²) in [7, 11) is 0. The maximum absolute atomic E-state index is 12.6. The van der Waals surface area contributed by atoms with Gasteiger partial charge in [0.15, 0.2) is 11.6 Å². The smallest absolute Gasteiger partial charge is 0.251 e. The third kappa shape index (κ3) is 3.31. The third-order valence-electron chi connectivity index (χ3n) is 3.98. The summed E-state index contributed by atoms with van der Waals surface area (Å²) in [4.78, 5) is 41.2. The van der Waals surface area contributed by atoms with E-state index in [4.69, 9.17) is 0 Å². The van der Waals surface area contributed by atoms with Gasteiger partial charge in [-0.15, -0.1) is 0 Å². The number of amides is 1. The number of benzene rings is 2. The highest BCUT2D eigenvalue weighted by Crippen LogP contribution is 2.27. The SMILES string of the molecule is O=C(NCCCN=C=S)c1ccc2c(c1)C(=O)c1ccccc1C2=O. The Bertz CT molecular complexity index is 930. The summed E-state index contributed by atoms with van der Waals surface area (Å²) in [6.45, 7) is 0.934. The van der Waals surface area contributed by atoms with Crippen LogP contribution in [0, 0.1) is 0 Å². The van der Waals surface area contributed by atoms with Crippen LogP contribution in [0.25, 0.3) is 0 Å². The molecule has 5 nitrogen and oxygen atoms in total. The zero-order valence-corrected chi connectivity index (χ0v) is 14.1. The summed E-state index contributed by atoms with van der Waals surface area (Å²) < 4.78 is 0. The molecule has 1 aliphatic carbocycles. The molecule has 0 aliphatic heterocycles. The molecule has 6 heteroatoms. The summed E-state index contributed by atoms with van der Waals surface area (Å²) in [6.07, 6.45) is 0.644. The first kappa shape index (κ1) is 16.9. The van der Waals surface area contributed by atoms with Crippen molar-refractivity contribution in [3.63, 3.8) is 0 Å². The first-order chi connectivity index (χ1) is 12.1. The maximum Gasteiger partial charge on any atom is 0.251 e. The van der Waals surface area contributed by atoms with E-state index in [1.807, 2.05) is 0 Å². The predicted octanol–water partition coefficient (Wildman–Crippen LogP) is 2.68. The highest BCUT2D eigenvalue weighted by molar-refractivity contribution is 7.78. The predicted molar refractivity (Wildman–Crippen MR) is 96.6 cm³/mol. The number of nitrogens with one attached hydrogen (secondary N) is 1. The Morgan fingerprint density at radius 2 is 1.64 bits per heavy atom. The fraction of sp³-hybridized carbons (Fsp3) is 0.158. The number of hydrogen-bond donors (Lipinski definition) is 1. The van der Waals surface area contributed by atoms with E-state index in [0.29, 0.717) is 41.8 Å². The Balaban J connectivity index is 1.82. The molecule has 1 amide bonds. The molecule has 0 atom stereocenters. The van der Waals surface area contributed by atoms with Crippen molar-refractivity contribution in [2.75, 3.05) is 13.1 Å². The van der Waals surface area contributed by atoms with Gasteiger partial charge in [-0.05, 0) is 36.8 Å². The number of hydrogen-bond acceptors (Lipinski definition) is 5. The Morgan fingerprint density at radius 3 is 2.32 bits per heavy atom. The standard InChI is InChI=1S/C19H14N2O3S/c22-17-13-4-1-2-5-14(13)18(23)16-10-12(6-7-15(16)17)19(24)21-9-3-8-20-11-25/h1-2,4-7,10H,3,8-9H2,(H,21,24). The molecule has 0 spiro atoms. The maximum atomic E-state index is 12.6. The van der Waals surface area contributed by atoms with E-state index < -0.39 is 0 Å². The number of aliphatic imine (C=N–C) groups is 1. The van der Waals surface area contributed by atoms with Crippen LogP contribution in [-0.2, 0) is 0 Å². The normalized spacial score (nSPS) is 12.0. The van der Waals surface area contributed by atoms with Gasteiger partial charge in [0.25, 0.3) is 5.91 Å². The van der Waals surface area contributed by atoms with Crippen molar-refractivity contribution in [2.45, 2.75) is 6.42 Å². The van der Waals surface area contributed by atoms with Gasteiger partial charge in [-0.1, -0.05) is 24.3 Å². The Hall–Kier alpha value is -2.95. The molecule has 3 rings (SSSR count). The van der Waals surface area contributed by atoms with E-state index in [2.05, 4.69) is 27.7 Å². The second-order valence-electron chi connectivity index (χ2n) is 5.55. The van der Waals surface area contributed by atoms with Gasteiger partial charge in [0.05, 0.1) is 11.7 Å². The van der Waals surface area contributed by atoms with Crippen molar-refractivity contribution in [1.29, 1.82) is 0 Å². The van der Waals surface area contributed by atoms with E-state index in [1.165, 1.54) is 12.1 Å². The highest BCUT2D eigenvalue weighted by atomic mass is 32.1. The topological polar surface area (TPSA) is 75.6 Å². The molecule has 1 aliphatic rings. The summed E-state index contributed by atoms with van der Waals surface area (Å²) in [5.41, 5.74) is 1.71. The monoisotopic (exact) mass is 350 g/mol. The third-order valence-corrected chi connectivity index (χ3v) is 4.11. The van der Waals surface area contributed by atoms with Crippen LogP contribution in [0.4, 0.5) is 0 Å². The summed E-state index contributed by atoms with van der Waals surface area (Å²) in [5, 5.41) is 5.02. The summed E-state index contributed by atoms with van der Waals surface area (Å²) in [5.74, 6) is -0.737. The van der Waals surface area contributed by atoms with Gasteiger partial charge in [-0.2, -0.15) is 0 Å². The van der Waals surface area contributed by atoms with E-state index in [9.17, 15) is 14.4 Å². The Kier molecular flexibility index (Phi) is 4.93. The molecule has 0 heterocycles. The van der Waals surface area contributed by atoms with Gasteiger partial charge >= 0.3 is 0 Å². The van der Waals surface area contributed by atoms with Crippen LogP contribution in [-0.4, -0.2) is 35.7 Å². The largest absolute Gasteiger partial charge is 0.352 e. The molecule has 2 aromatic carbocycles. The molecule has 25 heavy (non-hydrogen) atoms. The van der Waals surface area contributed by atoms with Crippen molar-refractivity contribution in [1.82, 2.24) is 5.32 Å². The lowest BCUT2D eigenvalue weighted by Crippen LogP contribution is -2.26. The second-order valence-corrected chi connectivity index (χ2v) is 5.73. The van der Waals surface area contributed by atoms with E-state index in [-0.39, 0.29) is 23.0 Å². The first-order valence-electron chi connectivity index (χ1n) is 7.78. The number of thiocarbonyl (C=S) groups is 1. The average molecular weight is 350 g/mol. The highest BCUT2D eigenvalue weighted by Gasteiger charge is 2.29. The van der Waals surface area contributed by atoms with Crippen LogP contribution in [0.3, 0.4) is 0 Å². The minimum absolute atomic E-state index is 0.199. The minimum Gasteiger partial charge on any atom is -0.352 e. The molecule has 1 N–H and O–H groups in total. The summed E-state index contributed by atoms with van der Waals surface area (Å²) >= 11 is 4.47. The lowest BCUT2D eigenvalue weighted by Gasteiger charge is -2.17. The Morgan fingerprint density at radius 1 is 1.00 bits per heavy atom. The van der Waals surface area contributed by atoms with Crippen LogP contribution in [0.5, 0.6) is 0 Å². The number of carbonyl (C=O) groups is 3. The number of fused-ring (bicyclic) bond motifs is 2. The number of nitrogens with zero attached hydrogens (tertiary/aromatic N) is 1. The molecule has 0 saturated carbocycles. The minimum atomic E-state index is -0.298. The zero-order chi connectivity index (χ0) is 17.8. The van der Waals surface area contributed by atoms with Gasteiger partial charge < -0.3 is 5.32 Å². The number of carbonyl (C=O) groups excluding carboxylic acids is 3. The van der Waals surface area contributed by atoms with Crippen molar-refractivity contribution in [3.05, 3.63) is 70.3 Å². The van der Waals surface area contributed by atoms with Gasteiger partial charge in [0.1, 0.15) is 0 Å². The number of ketones is 2. The van der Waals surface area contributed by atoms with Gasteiger partial charge in [-0.3, -0.25) is 14.4 Å². The van der Waals surface area contributed by atoms with Crippen LogP contribution < -0.4 is 5.32 Å². The van der Waals surface area contributed by atoms with Gasteiger partial charge in [0.2, 0.25) is 0 Å². The van der Waals surface area contributed by atoms with Crippen molar-refractivity contribution >= 4 is 34.9 Å². The Labute approximate surface area is 149 Å². The molecule has 0 saturated heterocycles. The average Bonchev–Trinajstić information content (AvgIpc) is 2.65. The molecule has 0 fully saturated rings. The van der Waals surface area contributed by atoms with Gasteiger partial charge in [0, 0.05) is 34.4 Å². The number of rotatable bonds is 5. The molecule has 0 bridgehead atoms. The van der Waals surface area contributed by atoms with Crippen molar-refractivity contribution in [2.24, 2.45) is 4.99 Å². The fourth-order valence-electron chi connectivity index (χ4n) is 2.75. The molecular weight excluding hydrogens is 336 g/mol. The van der Waals surface area contributed by atoms with E-state index >= 15 is 0 Å². The first-order valence-corrected chi connectivity index (χ1v) is 8.18. The fourth-order valence-corrected chi connectivity index (χ4v) is 2.84. The van der Waals surface area contributed by atoms with Crippen molar-refractivity contribution in [3.8, 4) is 0 Å². The molecule has 0 unspecified atom stereocenters. The summed E-state index contributed by atoms with van der Waals surface area (Å²) in [6, 6.07) is 11.3. The van der Waals surface area contributed by atoms with E-state index in [1.54, 1.807) is 30.3 Å². The van der Waals surface area contributed by atoms with E-state index in [0.717, 1.165) is 0 Å². The van der Waals surface area contributed by atoms with Crippen LogP contribution in [0.1, 0.15) is 48.6 Å². The van der Waals surface area contributed by atoms with Crippen LogP contribution >= 0.6 is 12.2 Å². The second kappa shape index (κ2) is 7.30. The lowest BCUT2D eigenvalue weighted by atomic mass is 9.83. The van der Waals surface area contributed by atoms with Crippen molar-refractivity contribution < 1.29 is 14.4 Å². The molecular formula is C19H14N2O3S. The molecule has 0 radical (unpaired) electrons. The quantitative estimate of drug-likeness (QED) is 0.436.